The van der Waals surface area contributed by atoms with Gasteiger partial charge in [0.15, 0.2) is 5.11 Å². The number of hydrogen-bond donors (Lipinski definition) is 3. The highest BCUT2D eigenvalue weighted by atomic mass is 32.1. The lowest BCUT2D eigenvalue weighted by molar-refractivity contribution is -0.115. The number of methoxy groups -OCH3 is 1. The number of hydrogen-bond acceptors (Lipinski definition) is 4. The molecule has 0 saturated heterocycles. The Kier molecular flexibility index (Phi) is 5.71. The van der Waals surface area contributed by atoms with Gasteiger partial charge in [-0.2, -0.15) is 0 Å². The molecule has 3 N–H and O–H groups in total. The van der Waals surface area contributed by atoms with Gasteiger partial charge in [0.05, 0.1) is 12.8 Å². The average Bonchev–Trinajstić information content (AvgIpc) is 2.55. The minimum absolute atomic E-state index is 0.0497. The van der Waals surface area contributed by atoms with Gasteiger partial charge < -0.3 is 15.2 Å². The van der Waals surface area contributed by atoms with Gasteiger partial charge in [-0.1, -0.05) is 30.3 Å². The molecular formula is C17H16N2O3S. The van der Waals surface area contributed by atoms with Crippen LogP contribution in [-0.4, -0.2) is 23.2 Å². The van der Waals surface area contributed by atoms with E-state index in [1.165, 1.54) is 12.1 Å². The van der Waals surface area contributed by atoms with E-state index in [1.807, 2.05) is 24.3 Å². The van der Waals surface area contributed by atoms with Crippen LogP contribution in [0, 0.1) is 0 Å². The number of carbonyl (C=O) groups excluding carboxylic acids is 1. The molecule has 0 atom stereocenters. The van der Waals surface area contributed by atoms with Gasteiger partial charge in [-0.05, 0) is 36.5 Å². The first-order chi connectivity index (χ1) is 11.1. The number of phenolic OH excluding ortho intramolecular Hbond substituents is 1. The van der Waals surface area contributed by atoms with Gasteiger partial charge in [-0.25, -0.2) is 0 Å². The van der Waals surface area contributed by atoms with E-state index in [4.69, 9.17) is 17.0 Å². The zero-order chi connectivity index (χ0) is 16.7. The number of rotatable bonds is 4. The fourth-order valence-electron chi connectivity index (χ4n) is 1.86. The molecule has 0 fully saturated rings. The highest BCUT2D eigenvalue weighted by Gasteiger charge is 2.05. The first-order valence-corrected chi connectivity index (χ1v) is 7.22. The summed E-state index contributed by atoms with van der Waals surface area (Å²) < 4.78 is 5.20. The van der Waals surface area contributed by atoms with E-state index in [1.54, 1.807) is 31.4 Å². The Morgan fingerprint density at radius 2 is 1.87 bits per heavy atom. The van der Waals surface area contributed by atoms with Crippen molar-refractivity contribution in [2.45, 2.75) is 0 Å². The summed E-state index contributed by atoms with van der Waals surface area (Å²) in [5.74, 6) is 0.337. The lowest BCUT2D eigenvalue weighted by Gasteiger charge is -2.09. The standard InChI is InChI=1S/C17H16N2O3S/c1-22-15-9-5-2-6-12(15)10-11-16(21)19-17(23)18-13-7-3-4-8-14(13)20/h2-11,20H,1H3,(H2,18,19,21,23). The highest BCUT2D eigenvalue weighted by molar-refractivity contribution is 7.80. The topological polar surface area (TPSA) is 70.6 Å². The molecule has 23 heavy (non-hydrogen) atoms. The molecule has 0 aliphatic heterocycles. The summed E-state index contributed by atoms with van der Waals surface area (Å²) in [5, 5.41) is 15.0. The van der Waals surface area contributed by atoms with E-state index in [0.29, 0.717) is 11.4 Å². The van der Waals surface area contributed by atoms with Crippen LogP contribution in [0.25, 0.3) is 6.08 Å². The van der Waals surface area contributed by atoms with Crippen LogP contribution in [0.4, 0.5) is 5.69 Å². The lowest BCUT2D eigenvalue weighted by atomic mass is 10.2. The van der Waals surface area contributed by atoms with Crippen LogP contribution < -0.4 is 15.4 Å². The van der Waals surface area contributed by atoms with Gasteiger partial charge in [0, 0.05) is 11.6 Å². The third kappa shape index (κ3) is 4.82. The monoisotopic (exact) mass is 328 g/mol. The Labute approximate surface area is 139 Å². The van der Waals surface area contributed by atoms with E-state index < -0.39 is 0 Å². The highest BCUT2D eigenvalue weighted by Crippen LogP contribution is 2.21. The molecular weight excluding hydrogens is 312 g/mol. The minimum Gasteiger partial charge on any atom is -0.506 e. The lowest BCUT2D eigenvalue weighted by Crippen LogP contribution is -2.32. The molecule has 0 bridgehead atoms. The van der Waals surface area contributed by atoms with Crippen molar-refractivity contribution in [1.82, 2.24) is 5.32 Å². The second kappa shape index (κ2) is 7.95. The predicted molar refractivity (Wildman–Crippen MR) is 94.5 cm³/mol. The maximum atomic E-state index is 11.9. The molecule has 0 aromatic heterocycles. The predicted octanol–water partition coefficient (Wildman–Crippen LogP) is 2.93. The van der Waals surface area contributed by atoms with Crippen molar-refractivity contribution in [3.05, 3.63) is 60.2 Å². The quantitative estimate of drug-likeness (QED) is 0.457. The zero-order valence-corrected chi connectivity index (χ0v) is 13.3. The van der Waals surface area contributed by atoms with Crippen molar-refractivity contribution in [3.8, 4) is 11.5 Å². The van der Waals surface area contributed by atoms with Crippen LogP contribution in [0.2, 0.25) is 0 Å². The minimum atomic E-state index is -0.385. The smallest absolute Gasteiger partial charge is 0.250 e. The largest absolute Gasteiger partial charge is 0.506 e. The average molecular weight is 328 g/mol. The summed E-state index contributed by atoms with van der Waals surface area (Å²) >= 11 is 5.04. The summed E-state index contributed by atoms with van der Waals surface area (Å²) in [7, 11) is 1.57. The van der Waals surface area contributed by atoms with Gasteiger partial charge in [-0.3, -0.25) is 10.1 Å². The number of carbonyl (C=O) groups is 1. The van der Waals surface area contributed by atoms with Crippen molar-refractivity contribution >= 4 is 35.0 Å². The summed E-state index contributed by atoms with van der Waals surface area (Å²) in [6.07, 6.45) is 2.99. The first-order valence-electron chi connectivity index (χ1n) is 6.81. The maximum Gasteiger partial charge on any atom is 0.250 e. The number of aromatic hydroxyl groups is 1. The molecule has 2 rings (SSSR count). The molecule has 0 unspecified atom stereocenters. The summed E-state index contributed by atoms with van der Waals surface area (Å²) in [6.45, 7) is 0. The SMILES string of the molecule is COc1ccccc1C=CC(=O)NC(=S)Nc1ccccc1O. The fraction of sp³-hybridized carbons (Fsp3) is 0.0588. The summed E-state index contributed by atoms with van der Waals surface area (Å²) in [6, 6.07) is 14.0. The molecule has 0 saturated carbocycles. The molecule has 118 valence electrons. The Morgan fingerprint density at radius 3 is 2.61 bits per heavy atom. The molecule has 2 aromatic rings. The van der Waals surface area contributed by atoms with Crippen LogP contribution in [0.5, 0.6) is 11.5 Å². The van der Waals surface area contributed by atoms with E-state index >= 15 is 0 Å². The molecule has 0 aliphatic rings. The number of ether oxygens (including phenoxy) is 1. The molecule has 1 amide bonds. The molecule has 0 radical (unpaired) electrons. The first kappa shape index (κ1) is 16.5. The number of amides is 1. The third-order valence-electron chi connectivity index (χ3n) is 2.94. The summed E-state index contributed by atoms with van der Waals surface area (Å²) in [4.78, 5) is 11.9. The number of phenols is 1. The van der Waals surface area contributed by atoms with Crippen LogP contribution in [0.3, 0.4) is 0 Å². The number of thiocarbonyl (C=S) groups is 1. The van der Waals surface area contributed by atoms with Crippen LogP contribution in [0.1, 0.15) is 5.56 Å². The van der Waals surface area contributed by atoms with Crippen molar-refractivity contribution < 1.29 is 14.6 Å². The molecule has 0 spiro atoms. The van der Waals surface area contributed by atoms with E-state index in [9.17, 15) is 9.90 Å². The van der Waals surface area contributed by atoms with Crippen LogP contribution in [0.15, 0.2) is 54.6 Å². The molecule has 5 nitrogen and oxygen atoms in total. The van der Waals surface area contributed by atoms with Gasteiger partial charge in [0.2, 0.25) is 5.91 Å². The van der Waals surface area contributed by atoms with Gasteiger partial charge in [-0.15, -0.1) is 0 Å². The second-order valence-electron chi connectivity index (χ2n) is 4.54. The van der Waals surface area contributed by atoms with Gasteiger partial charge >= 0.3 is 0 Å². The normalized spacial score (nSPS) is 10.3. The molecule has 0 heterocycles. The molecule has 6 heteroatoms. The Morgan fingerprint density at radius 1 is 1.17 bits per heavy atom. The fourth-order valence-corrected chi connectivity index (χ4v) is 2.07. The Hall–Kier alpha value is -2.86. The maximum absolute atomic E-state index is 11.9. The van der Waals surface area contributed by atoms with Crippen molar-refractivity contribution in [3.63, 3.8) is 0 Å². The Balaban J connectivity index is 1.95. The molecule has 0 aliphatic carbocycles. The third-order valence-corrected chi connectivity index (χ3v) is 3.15. The number of para-hydroxylation sites is 3. The van der Waals surface area contributed by atoms with Gasteiger partial charge in [0.1, 0.15) is 11.5 Å². The van der Waals surface area contributed by atoms with Crippen LogP contribution >= 0.6 is 12.2 Å². The number of benzene rings is 2. The zero-order valence-electron chi connectivity index (χ0n) is 12.4. The van der Waals surface area contributed by atoms with E-state index in [2.05, 4.69) is 10.6 Å². The second-order valence-corrected chi connectivity index (χ2v) is 4.94. The van der Waals surface area contributed by atoms with Crippen molar-refractivity contribution in [2.75, 3.05) is 12.4 Å². The number of anilines is 1. The van der Waals surface area contributed by atoms with E-state index in [-0.39, 0.29) is 16.8 Å². The molecule has 2 aromatic carbocycles. The van der Waals surface area contributed by atoms with Crippen LogP contribution in [-0.2, 0) is 4.79 Å². The van der Waals surface area contributed by atoms with Gasteiger partial charge in [0.25, 0.3) is 0 Å². The Bertz CT molecular complexity index is 744. The summed E-state index contributed by atoms with van der Waals surface area (Å²) in [5.41, 5.74) is 1.20. The van der Waals surface area contributed by atoms with E-state index in [0.717, 1.165) is 5.56 Å². The number of nitrogens with one attached hydrogen (secondary N) is 2. The van der Waals surface area contributed by atoms with Crippen molar-refractivity contribution in [1.29, 1.82) is 0 Å². The van der Waals surface area contributed by atoms with Crippen molar-refractivity contribution in [2.24, 2.45) is 0 Å².